The molecule has 1 aromatic carbocycles. The molecular formula is C13H22N2. The fourth-order valence-electron chi connectivity index (χ4n) is 1.33. The van der Waals surface area contributed by atoms with Crippen molar-refractivity contribution in [3.63, 3.8) is 0 Å². The maximum Gasteiger partial charge on any atom is 0.0210 e. The van der Waals surface area contributed by atoms with Gasteiger partial charge in [0.05, 0.1) is 0 Å². The van der Waals surface area contributed by atoms with Gasteiger partial charge in [-0.2, -0.15) is 0 Å². The number of hydrogen-bond acceptors (Lipinski definition) is 2. The molecule has 0 saturated carbocycles. The average molecular weight is 206 g/mol. The van der Waals surface area contributed by atoms with E-state index in [1.807, 2.05) is 0 Å². The second kappa shape index (κ2) is 5.29. The predicted octanol–water partition coefficient (Wildman–Crippen LogP) is 2.42. The van der Waals surface area contributed by atoms with Crippen molar-refractivity contribution in [2.24, 2.45) is 5.73 Å². The maximum atomic E-state index is 5.61. The molecule has 0 unspecified atom stereocenters. The summed E-state index contributed by atoms with van der Waals surface area (Å²) in [6.45, 7) is 8.17. The van der Waals surface area contributed by atoms with Gasteiger partial charge in [0.2, 0.25) is 0 Å². The summed E-state index contributed by atoms with van der Waals surface area (Å²) in [4.78, 5) is 0. The van der Waals surface area contributed by atoms with E-state index in [9.17, 15) is 0 Å². The Kier molecular flexibility index (Phi) is 4.30. The highest BCUT2D eigenvalue weighted by atomic mass is 14.9. The van der Waals surface area contributed by atoms with Gasteiger partial charge in [0.1, 0.15) is 0 Å². The zero-order chi connectivity index (χ0) is 11.3. The summed E-state index contributed by atoms with van der Waals surface area (Å²) in [5.74, 6) is 0. The molecule has 0 heterocycles. The highest BCUT2D eigenvalue weighted by molar-refractivity contribution is 5.23. The van der Waals surface area contributed by atoms with E-state index < -0.39 is 0 Å². The Bertz CT molecular complexity index is 305. The zero-order valence-corrected chi connectivity index (χ0v) is 10.0. The number of nitrogens with one attached hydrogen (secondary N) is 1. The first kappa shape index (κ1) is 12.2. The minimum absolute atomic E-state index is 0.207. The number of hydrogen-bond donors (Lipinski definition) is 2. The lowest BCUT2D eigenvalue weighted by Gasteiger charge is -2.24. The molecule has 3 N–H and O–H groups in total. The monoisotopic (exact) mass is 206 g/mol. The normalized spacial score (nSPS) is 11.7. The van der Waals surface area contributed by atoms with E-state index >= 15 is 0 Å². The molecule has 1 rings (SSSR count). The highest BCUT2D eigenvalue weighted by Crippen LogP contribution is 2.10. The van der Waals surface area contributed by atoms with Crippen molar-refractivity contribution < 1.29 is 0 Å². The van der Waals surface area contributed by atoms with Gasteiger partial charge in [0, 0.05) is 18.6 Å². The van der Waals surface area contributed by atoms with Crippen molar-refractivity contribution >= 4 is 0 Å². The fourth-order valence-corrected chi connectivity index (χ4v) is 1.33. The number of rotatable bonds is 5. The van der Waals surface area contributed by atoms with Gasteiger partial charge in [0.25, 0.3) is 0 Å². The van der Waals surface area contributed by atoms with Gasteiger partial charge in [-0.1, -0.05) is 31.2 Å². The Balaban J connectivity index is 2.57. The molecule has 2 heteroatoms. The summed E-state index contributed by atoms with van der Waals surface area (Å²) in [6, 6.07) is 8.43. The predicted molar refractivity (Wildman–Crippen MR) is 65.5 cm³/mol. The van der Waals surface area contributed by atoms with Gasteiger partial charge in [-0.15, -0.1) is 0 Å². The Morgan fingerprint density at radius 1 is 1.27 bits per heavy atom. The van der Waals surface area contributed by atoms with E-state index in [2.05, 4.69) is 50.4 Å². The van der Waals surface area contributed by atoms with Gasteiger partial charge < -0.3 is 11.1 Å². The Morgan fingerprint density at radius 2 is 1.93 bits per heavy atom. The van der Waals surface area contributed by atoms with E-state index in [0.29, 0.717) is 6.54 Å². The van der Waals surface area contributed by atoms with Crippen LogP contribution in [0.2, 0.25) is 0 Å². The molecule has 2 nitrogen and oxygen atoms in total. The third-order valence-corrected chi connectivity index (χ3v) is 2.88. The molecule has 0 aliphatic rings. The molecule has 0 aliphatic heterocycles. The standard InChI is InChI=1S/C13H22N2/c1-4-13(2,3)15-10-12-7-5-6-11(8-12)9-14/h5-8,15H,4,9-10,14H2,1-3H3. The molecular weight excluding hydrogens is 184 g/mol. The second-order valence-corrected chi connectivity index (χ2v) is 4.62. The molecule has 84 valence electrons. The first-order valence-electron chi connectivity index (χ1n) is 5.60. The summed E-state index contributed by atoms with van der Waals surface area (Å²) in [5, 5.41) is 3.54. The van der Waals surface area contributed by atoms with Crippen LogP contribution in [-0.4, -0.2) is 5.54 Å². The van der Waals surface area contributed by atoms with Crippen LogP contribution in [0.4, 0.5) is 0 Å². The van der Waals surface area contributed by atoms with Crippen LogP contribution in [0, 0.1) is 0 Å². The van der Waals surface area contributed by atoms with Crippen LogP contribution in [-0.2, 0) is 13.1 Å². The molecule has 0 spiro atoms. The molecule has 0 radical (unpaired) electrons. The summed E-state index contributed by atoms with van der Waals surface area (Å²) in [5.41, 5.74) is 8.32. The van der Waals surface area contributed by atoms with Crippen LogP contribution in [0.3, 0.4) is 0 Å². The van der Waals surface area contributed by atoms with Crippen molar-refractivity contribution in [3.8, 4) is 0 Å². The topological polar surface area (TPSA) is 38.0 Å². The average Bonchev–Trinajstić information content (AvgIpc) is 2.27. The summed E-state index contributed by atoms with van der Waals surface area (Å²) < 4.78 is 0. The molecule has 0 bridgehead atoms. The molecule has 1 aromatic rings. The fraction of sp³-hybridized carbons (Fsp3) is 0.538. The summed E-state index contributed by atoms with van der Waals surface area (Å²) >= 11 is 0. The van der Waals surface area contributed by atoms with Crippen molar-refractivity contribution in [3.05, 3.63) is 35.4 Å². The maximum absolute atomic E-state index is 5.61. The van der Waals surface area contributed by atoms with E-state index in [0.717, 1.165) is 13.0 Å². The van der Waals surface area contributed by atoms with Gasteiger partial charge in [0.15, 0.2) is 0 Å². The van der Waals surface area contributed by atoms with Crippen LogP contribution in [0.5, 0.6) is 0 Å². The molecule has 0 saturated heterocycles. The number of nitrogens with two attached hydrogens (primary N) is 1. The van der Waals surface area contributed by atoms with Crippen molar-refractivity contribution in [1.29, 1.82) is 0 Å². The summed E-state index contributed by atoms with van der Waals surface area (Å²) in [7, 11) is 0. The molecule has 0 fully saturated rings. The molecule has 15 heavy (non-hydrogen) atoms. The van der Waals surface area contributed by atoms with Crippen LogP contribution in [0.15, 0.2) is 24.3 Å². The van der Waals surface area contributed by atoms with Crippen molar-refractivity contribution in [1.82, 2.24) is 5.32 Å². The Hall–Kier alpha value is -0.860. The molecule has 0 amide bonds. The van der Waals surface area contributed by atoms with Crippen LogP contribution in [0.1, 0.15) is 38.3 Å². The van der Waals surface area contributed by atoms with E-state index in [1.165, 1.54) is 11.1 Å². The lowest BCUT2D eigenvalue weighted by Crippen LogP contribution is -2.37. The minimum atomic E-state index is 0.207. The molecule has 0 aromatic heterocycles. The number of benzene rings is 1. The lowest BCUT2D eigenvalue weighted by molar-refractivity contribution is 0.374. The van der Waals surface area contributed by atoms with Crippen LogP contribution < -0.4 is 11.1 Å². The largest absolute Gasteiger partial charge is 0.326 e. The quantitative estimate of drug-likeness (QED) is 0.776. The Labute approximate surface area is 92.9 Å². The third-order valence-electron chi connectivity index (χ3n) is 2.88. The first-order chi connectivity index (χ1) is 7.07. The van der Waals surface area contributed by atoms with Gasteiger partial charge in [-0.05, 0) is 31.4 Å². The highest BCUT2D eigenvalue weighted by Gasteiger charge is 2.12. The third kappa shape index (κ3) is 4.02. The van der Waals surface area contributed by atoms with E-state index in [1.54, 1.807) is 0 Å². The van der Waals surface area contributed by atoms with Crippen LogP contribution >= 0.6 is 0 Å². The zero-order valence-electron chi connectivity index (χ0n) is 10.0. The summed E-state index contributed by atoms with van der Waals surface area (Å²) in [6.07, 6.45) is 1.13. The van der Waals surface area contributed by atoms with Crippen molar-refractivity contribution in [2.75, 3.05) is 0 Å². The lowest BCUT2D eigenvalue weighted by atomic mass is 10.0. The molecule has 0 atom stereocenters. The van der Waals surface area contributed by atoms with Gasteiger partial charge in [-0.25, -0.2) is 0 Å². The van der Waals surface area contributed by atoms with Crippen LogP contribution in [0.25, 0.3) is 0 Å². The van der Waals surface area contributed by atoms with Gasteiger partial charge >= 0.3 is 0 Å². The minimum Gasteiger partial charge on any atom is -0.326 e. The van der Waals surface area contributed by atoms with E-state index in [-0.39, 0.29) is 5.54 Å². The first-order valence-corrected chi connectivity index (χ1v) is 5.60. The van der Waals surface area contributed by atoms with E-state index in [4.69, 9.17) is 5.73 Å². The van der Waals surface area contributed by atoms with Crippen molar-refractivity contribution in [2.45, 2.75) is 45.8 Å². The second-order valence-electron chi connectivity index (χ2n) is 4.62. The molecule has 0 aliphatic carbocycles. The smallest absolute Gasteiger partial charge is 0.0210 e. The Morgan fingerprint density at radius 3 is 2.53 bits per heavy atom. The van der Waals surface area contributed by atoms with Gasteiger partial charge in [-0.3, -0.25) is 0 Å². The SMILES string of the molecule is CCC(C)(C)NCc1cccc(CN)c1.